The van der Waals surface area contributed by atoms with Gasteiger partial charge in [0, 0.05) is 24.5 Å². The molecule has 0 atom stereocenters. The van der Waals surface area contributed by atoms with Crippen LogP contribution in [0.4, 0.5) is 11.4 Å². The Morgan fingerprint density at radius 2 is 1.82 bits per heavy atom. The fraction of sp³-hybridized carbons (Fsp3) is 0.238. The van der Waals surface area contributed by atoms with Gasteiger partial charge in [-0.2, -0.15) is 0 Å². The number of hydrogen-bond donors (Lipinski definition) is 1. The minimum absolute atomic E-state index is 0.0975. The fourth-order valence-corrected chi connectivity index (χ4v) is 2.94. The van der Waals surface area contributed by atoms with Crippen molar-refractivity contribution < 1.29 is 18.8 Å². The van der Waals surface area contributed by atoms with E-state index in [4.69, 9.17) is 14.0 Å². The SMILES string of the molecule is O=C(Nc1ccc(N2CCOCC2)cc1)c1cc(OCc2ccccc2)no1. The Kier molecular flexibility index (Phi) is 5.53. The zero-order chi connectivity index (χ0) is 19.2. The van der Waals surface area contributed by atoms with Crippen molar-refractivity contribution in [2.45, 2.75) is 6.61 Å². The molecular formula is C21H21N3O4. The number of ether oxygens (including phenoxy) is 2. The Hall–Kier alpha value is -3.32. The van der Waals surface area contributed by atoms with Gasteiger partial charge in [0.25, 0.3) is 11.8 Å². The van der Waals surface area contributed by atoms with Gasteiger partial charge in [-0.3, -0.25) is 4.79 Å². The second kappa shape index (κ2) is 8.58. The van der Waals surface area contributed by atoms with Crippen LogP contribution in [-0.4, -0.2) is 37.4 Å². The number of nitrogens with zero attached hydrogens (tertiary/aromatic N) is 2. The van der Waals surface area contributed by atoms with Crippen molar-refractivity contribution >= 4 is 17.3 Å². The molecule has 3 aromatic rings. The summed E-state index contributed by atoms with van der Waals surface area (Å²) in [5.41, 5.74) is 2.81. The molecule has 1 aliphatic rings. The molecule has 1 saturated heterocycles. The summed E-state index contributed by atoms with van der Waals surface area (Å²) in [4.78, 5) is 14.6. The van der Waals surface area contributed by atoms with Crippen LogP contribution in [0.2, 0.25) is 0 Å². The lowest BCUT2D eigenvalue weighted by molar-refractivity contribution is 0.0987. The topological polar surface area (TPSA) is 76.8 Å². The van der Waals surface area contributed by atoms with Crippen molar-refractivity contribution in [3.63, 3.8) is 0 Å². The van der Waals surface area contributed by atoms with Gasteiger partial charge >= 0.3 is 0 Å². The molecule has 1 aromatic heterocycles. The fourth-order valence-electron chi connectivity index (χ4n) is 2.94. The Balaban J connectivity index is 1.32. The van der Waals surface area contributed by atoms with E-state index >= 15 is 0 Å². The number of aromatic nitrogens is 1. The van der Waals surface area contributed by atoms with Crippen molar-refractivity contribution in [2.24, 2.45) is 0 Å². The minimum Gasteiger partial charge on any atom is -0.471 e. The van der Waals surface area contributed by atoms with Crippen LogP contribution < -0.4 is 15.0 Å². The molecule has 0 spiro atoms. The van der Waals surface area contributed by atoms with Crippen LogP contribution in [0.15, 0.2) is 65.2 Å². The lowest BCUT2D eigenvalue weighted by Gasteiger charge is -2.28. The number of carbonyl (C=O) groups is 1. The number of morpholine rings is 1. The highest BCUT2D eigenvalue weighted by molar-refractivity contribution is 6.02. The summed E-state index contributed by atoms with van der Waals surface area (Å²) in [6.07, 6.45) is 0. The highest BCUT2D eigenvalue weighted by Crippen LogP contribution is 2.20. The molecule has 1 aliphatic heterocycles. The lowest BCUT2D eigenvalue weighted by Crippen LogP contribution is -2.36. The molecule has 4 rings (SSSR count). The summed E-state index contributed by atoms with van der Waals surface area (Å²) in [6.45, 7) is 3.57. The van der Waals surface area contributed by atoms with E-state index in [-0.39, 0.29) is 17.5 Å². The third-order valence-corrected chi connectivity index (χ3v) is 4.44. The van der Waals surface area contributed by atoms with Crippen LogP contribution in [-0.2, 0) is 11.3 Å². The number of nitrogens with one attached hydrogen (secondary N) is 1. The third-order valence-electron chi connectivity index (χ3n) is 4.44. The molecule has 7 nitrogen and oxygen atoms in total. The molecule has 0 radical (unpaired) electrons. The summed E-state index contributed by atoms with van der Waals surface area (Å²) in [6, 6.07) is 18.9. The van der Waals surface area contributed by atoms with Crippen molar-refractivity contribution in [3.8, 4) is 5.88 Å². The smallest absolute Gasteiger partial charge is 0.294 e. The number of amides is 1. The van der Waals surface area contributed by atoms with Gasteiger partial charge in [0.05, 0.1) is 19.3 Å². The minimum atomic E-state index is -0.374. The van der Waals surface area contributed by atoms with Gasteiger partial charge in [0.15, 0.2) is 0 Å². The molecule has 144 valence electrons. The first kappa shape index (κ1) is 18.1. The quantitative estimate of drug-likeness (QED) is 0.708. The molecule has 7 heteroatoms. The number of anilines is 2. The van der Waals surface area contributed by atoms with Gasteiger partial charge in [-0.05, 0) is 35.0 Å². The Labute approximate surface area is 162 Å². The van der Waals surface area contributed by atoms with Gasteiger partial charge in [0.1, 0.15) is 6.61 Å². The van der Waals surface area contributed by atoms with Crippen LogP contribution in [0.5, 0.6) is 5.88 Å². The molecule has 0 saturated carbocycles. The average molecular weight is 379 g/mol. The van der Waals surface area contributed by atoms with Crippen LogP contribution in [0.25, 0.3) is 0 Å². The van der Waals surface area contributed by atoms with Crippen LogP contribution in [0, 0.1) is 0 Å². The second-order valence-electron chi connectivity index (χ2n) is 6.40. The van der Waals surface area contributed by atoms with Crippen LogP contribution >= 0.6 is 0 Å². The maximum Gasteiger partial charge on any atom is 0.294 e. The maximum absolute atomic E-state index is 12.4. The van der Waals surface area contributed by atoms with E-state index in [1.807, 2.05) is 54.6 Å². The summed E-state index contributed by atoms with van der Waals surface area (Å²) < 4.78 is 16.0. The highest BCUT2D eigenvalue weighted by atomic mass is 16.5. The molecule has 28 heavy (non-hydrogen) atoms. The number of benzene rings is 2. The Morgan fingerprint density at radius 1 is 1.07 bits per heavy atom. The average Bonchev–Trinajstić information content (AvgIpc) is 3.24. The van der Waals surface area contributed by atoms with E-state index in [0.29, 0.717) is 12.3 Å². The van der Waals surface area contributed by atoms with Gasteiger partial charge in [0.2, 0.25) is 5.76 Å². The Morgan fingerprint density at radius 3 is 2.57 bits per heavy atom. The molecule has 0 unspecified atom stereocenters. The number of rotatable bonds is 6. The zero-order valence-corrected chi connectivity index (χ0v) is 15.3. The van der Waals surface area contributed by atoms with Gasteiger partial charge < -0.3 is 24.2 Å². The molecule has 2 heterocycles. The van der Waals surface area contributed by atoms with E-state index in [0.717, 1.165) is 37.6 Å². The largest absolute Gasteiger partial charge is 0.471 e. The summed E-state index contributed by atoms with van der Waals surface area (Å²) in [7, 11) is 0. The monoisotopic (exact) mass is 379 g/mol. The summed E-state index contributed by atoms with van der Waals surface area (Å²) in [5.74, 6) is -0.00169. The predicted octanol–water partition coefficient (Wildman–Crippen LogP) is 3.34. The lowest BCUT2D eigenvalue weighted by atomic mass is 10.2. The van der Waals surface area contributed by atoms with Gasteiger partial charge in [-0.25, -0.2) is 0 Å². The first-order valence-corrected chi connectivity index (χ1v) is 9.15. The molecule has 2 aromatic carbocycles. The first-order chi connectivity index (χ1) is 13.8. The molecular weight excluding hydrogens is 358 g/mol. The van der Waals surface area contributed by atoms with Crippen molar-refractivity contribution in [3.05, 3.63) is 72.0 Å². The maximum atomic E-state index is 12.4. The predicted molar refractivity (Wildman–Crippen MR) is 105 cm³/mol. The van der Waals surface area contributed by atoms with Gasteiger partial charge in [-0.15, -0.1) is 0 Å². The number of carbonyl (C=O) groups excluding carboxylic acids is 1. The van der Waals surface area contributed by atoms with E-state index in [1.54, 1.807) is 0 Å². The van der Waals surface area contributed by atoms with E-state index in [9.17, 15) is 4.79 Å². The van der Waals surface area contributed by atoms with Crippen molar-refractivity contribution in [1.29, 1.82) is 0 Å². The molecule has 0 bridgehead atoms. The highest BCUT2D eigenvalue weighted by Gasteiger charge is 2.15. The molecule has 1 amide bonds. The first-order valence-electron chi connectivity index (χ1n) is 9.15. The van der Waals surface area contributed by atoms with E-state index < -0.39 is 0 Å². The molecule has 0 aliphatic carbocycles. The summed E-state index contributed by atoms with van der Waals surface area (Å²) in [5, 5.41) is 6.60. The Bertz CT molecular complexity index is 903. The second-order valence-corrected chi connectivity index (χ2v) is 6.40. The van der Waals surface area contributed by atoms with Gasteiger partial charge in [-0.1, -0.05) is 30.3 Å². The van der Waals surface area contributed by atoms with Crippen LogP contribution in [0.1, 0.15) is 16.1 Å². The zero-order valence-electron chi connectivity index (χ0n) is 15.3. The standard InChI is InChI=1S/C21H21N3O4/c25-21(19-14-20(23-28-19)27-15-16-4-2-1-3-5-16)22-17-6-8-18(9-7-17)24-10-12-26-13-11-24/h1-9,14H,10-13,15H2,(H,22,25). The van der Waals surface area contributed by atoms with Crippen LogP contribution in [0.3, 0.4) is 0 Å². The van der Waals surface area contributed by atoms with E-state index in [2.05, 4.69) is 15.4 Å². The van der Waals surface area contributed by atoms with Crippen molar-refractivity contribution in [1.82, 2.24) is 5.16 Å². The third kappa shape index (κ3) is 4.50. The molecule has 1 N–H and O–H groups in total. The number of hydrogen-bond acceptors (Lipinski definition) is 6. The molecule has 1 fully saturated rings. The summed E-state index contributed by atoms with van der Waals surface area (Å²) >= 11 is 0. The van der Waals surface area contributed by atoms with Crippen molar-refractivity contribution in [2.75, 3.05) is 36.5 Å². The van der Waals surface area contributed by atoms with E-state index in [1.165, 1.54) is 6.07 Å². The normalized spacial score (nSPS) is 13.9.